The molecule has 0 heterocycles. The van der Waals surface area contributed by atoms with E-state index in [-0.39, 0.29) is 0 Å². The lowest BCUT2D eigenvalue weighted by molar-refractivity contribution is 0.335. The van der Waals surface area contributed by atoms with Crippen LogP contribution in [0.5, 0.6) is 0 Å². The van der Waals surface area contributed by atoms with Crippen LogP contribution in [0.15, 0.2) is 0 Å². The highest BCUT2D eigenvalue weighted by Gasteiger charge is 2.43. The van der Waals surface area contributed by atoms with E-state index in [1.807, 2.05) is 0 Å². The molecule has 2 aliphatic carbocycles. The highest BCUT2D eigenvalue weighted by molar-refractivity contribution is 14.1. The van der Waals surface area contributed by atoms with E-state index in [9.17, 15) is 0 Å². The monoisotopic (exact) mass is 390 g/mol. The molecule has 2 aliphatic rings. The van der Waals surface area contributed by atoms with Gasteiger partial charge in [0.1, 0.15) is 0 Å². The van der Waals surface area contributed by atoms with Crippen LogP contribution in [0.1, 0.15) is 25.7 Å². The Labute approximate surface area is 103 Å². The fraction of sp³-hybridized carbons (Fsp3) is 1.00. The standard InChI is InChI=1S/C10H16I2/c11-5-9-7-2-1-3-8(4-7)10(9)6-12/h7-10H,1-6H2. The van der Waals surface area contributed by atoms with Gasteiger partial charge < -0.3 is 0 Å². The van der Waals surface area contributed by atoms with E-state index in [1.165, 1.54) is 28.1 Å². The van der Waals surface area contributed by atoms with Crippen molar-refractivity contribution in [3.8, 4) is 0 Å². The summed E-state index contributed by atoms with van der Waals surface area (Å²) in [6.07, 6.45) is 6.17. The summed E-state index contributed by atoms with van der Waals surface area (Å²) >= 11 is 5.20. The first-order valence-corrected chi connectivity index (χ1v) is 8.04. The lowest BCUT2D eigenvalue weighted by Crippen LogP contribution is -2.18. The summed E-state index contributed by atoms with van der Waals surface area (Å²) in [6.45, 7) is 0. The predicted octanol–water partition coefficient (Wildman–Crippen LogP) is 3.91. The fourth-order valence-electron chi connectivity index (χ4n) is 3.22. The van der Waals surface area contributed by atoms with Crippen molar-refractivity contribution >= 4 is 45.2 Å². The number of rotatable bonds is 2. The average molecular weight is 390 g/mol. The van der Waals surface area contributed by atoms with Crippen LogP contribution in [-0.2, 0) is 0 Å². The van der Waals surface area contributed by atoms with Crippen molar-refractivity contribution in [2.75, 3.05) is 8.86 Å². The topological polar surface area (TPSA) is 0 Å². The molecule has 0 nitrogen and oxygen atoms in total. The van der Waals surface area contributed by atoms with Crippen molar-refractivity contribution in [2.24, 2.45) is 23.7 Å². The van der Waals surface area contributed by atoms with Gasteiger partial charge in [0.05, 0.1) is 0 Å². The highest BCUT2D eigenvalue weighted by atomic mass is 127. The van der Waals surface area contributed by atoms with E-state index in [4.69, 9.17) is 0 Å². The Balaban J connectivity index is 2.10. The molecule has 0 spiro atoms. The number of alkyl halides is 2. The van der Waals surface area contributed by atoms with Gasteiger partial charge >= 0.3 is 0 Å². The first kappa shape index (κ1) is 9.99. The van der Waals surface area contributed by atoms with Gasteiger partial charge in [-0.3, -0.25) is 0 Å². The average Bonchev–Trinajstić information content (AvgIpc) is 2.36. The molecule has 70 valence electrons. The molecule has 2 saturated carbocycles. The Morgan fingerprint density at radius 1 is 0.917 bits per heavy atom. The third kappa shape index (κ3) is 1.66. The maximum absolute atomic E-state index is 2.60. The van der Waals surface area contributed by atoms with Crippen LogP contribution in [-0.4, -0.2) is 8.86 Å². The van der Waals surface area contributed by atoms with E-state index < -0.39 is 0 Å². The number of hydrogen-bond acceptors (Lipinski definition) is 0. The molecule has 0 N–H and O–H groups in total. The molecule has 0 aromatic carbocycles. The normalized spacial score (nSPS) is 46.5. The van der Waals surface area contributed by atoms with Gasteiger partial charge in [-0.15, -0.1) is 0 Å². The van der Waals surface area contributed by atoms with E-state index in [0.29, 0.717) is 0 Å². The SMILES string of the molecule is ICC1C2CCCC(C2)C1CI. The van der Waals surface area contributed by atoms with Gasteiger partial charge in [0.25, 0.3) is 0 Å². The van der Waals surface area contributed by atoms with Gasteiger partial charge in [0.15, 0.2) is 0 Å². The Kier molecular flexibility index (Phi) is 3.60. The zero-order valence-electron chi connectivity index (χ0n) is 7.31. The number of halogens is 2. The third-order valence-corrected chi connectivity index (χ3v) is 5.91. The Morgan fingerprint density at radius 3 is 1.83 bits per heavy atom. The van der Waals surface area contributed by atoms with E-state index in [2.05, 4.69) is 45.2 Å². The summed E-state index contributed by atoms with van der Waals surface area (Å²) in [4.78, 5) is 0. The zero-order valence-corrected chi connectivity index (χ0v) is 11.6. The summed E-state index contributed by atoms with van der Waals surface area (Å²) in [7, 11) is 0. The van der Waals surface area contributed by atoms with Crippen LogP contribution in [0, 0.1) is 23.7 Å². The Morgan fingerprint density at radius 2 is 1.42 bits per heavy atom. The molecule has 0 aromatic heterocycles. The maximum atomic E-state index is 2.60. The molecule has 2 bridgehead atoms. The molecule has 0 aliphatic heterocycles. The second kappa shape index (κ2) is 4.32. The van der Waals surface area contributed by atoms with Gasteiger partial charge in [-0.05, 0) is 30.1 Å². The van der Waals surface area contributed by atoms with Crippen LogP contribution in [0.2, 0.25) is 0 Å². The van der Waals surface area contributed by atoms with Crippen molar-refractivity contribution in [2.45, 2.75) is 25.7 Å². The molecule has 2 fully saturated rings. The summed E-state index contributed by atoms with van der Waals surface area (Å²) in [5.41, 5.74) is 0. The molecule has 2 rings (SSSR count). The minimum atomic E-state index is 1.08. The van der Waals surface area contributed by atoms with Crippen molar-refractivity contribution in [1.29, 1.82) is 0 Å². The van der Waals surface area contributed by atoms with Crippen molar-refractivity contribution in [1.82, 2.24) is 0 Å². The lowest BCUT2D eigenvalue weighted by Gasteiger charge is -2.19. The van der Waals surface area contributed by atoms with E-state index in [1.54, 1.807) is 6.42 Å². The fourth-order valence-corrected chi connectivity index (χ4v) is 5.97. The molecule has 2 heteroatoms. The van der Waals surface area contributed by atoms with Gasteiger partial charge in [-0.2, -0.15) is 0 Å². The molecule has 0 radical (unpaired) electrons. The quantitative estimate of drug-likeness (QED) is 0.496. The largest absolute Gasteiger partial charge is 0.0861 e. The van der Waals surface area contributed by atoms with Crippen LogP contribution in [0.25, 0.3) is 0 Å². The molecule has 0 amide bonds. The molecule has 0 saturated heterocycles. The second-order valence-corrected chi connectivity index (χ2v) is 6.08. The highest BCUT2D eigenvalue weighted by Crippen LogP contribution is 2.50. The van der Waals surface area contributed by atoms with E-state index >= 15 is 0 Å². The second-order valence-electron chi connectivity index (χ2n) is 4.32. The Bertz CT molecular complexity index is 142. The lowest BCUT2D eigenvalue weighted by atomic mass is 9.87. The number of fused-ring (bicyclic) bond motifs is 2. The van der Waals surface area contributed by atoms with Gasteiger partial charge in [0.2, 0.25) is 0 Å². The predicted molar refractivity (Wildman–Crippen MR) is 70.2 cm³/mol. The van der Waals surface area contributed by atoms with E-state index in [0.717, 1.165) is 23.7 Å². The first-order valence-electron chi connectivity index (χ1n) is 4.98. The molecule has 0 aromatic rings. The summed E-state index contributed by atoms with van der Waals surface area (Å²) in [5.74, 6) is 4.38. The minimum absolute atomic E-state index is 1.08. The first-order chi connectivity index (χ1) is 5.86. The summed E-state index contributed by atoms with van der Waals surface area (Å²) in [5, 5.41) is 0. The minimum Gasteiger partial charge on any atom is -0.0861 e. The summed E-state index contributed by atoms with van der Waals surface area (Å²) in [6, 6.07) is 0. The van der Waals surface area contributed by atoms with Crippen molar-refractivity contribution < 1.29 is 0 Å². The Hall–Kier alpha value is 1.46. The van der Waals surface area contributed by atoms with Gasteiger partial charge in [-0.1, -0.05) is 64.4 Å². The molecule has 12 heavy (non-hydrogen) atoms. The summed E-state index contributed by atoms with van der Waals surface area (Å²) < 4.78 is 2.82. The molecular formula is C10H16I2. The maximum Gasteiger partial charge on any atom is 0.00293 e. The van der Waals surface area contributed by atoms with Crippen molar-refractivity contribution in [3.63, 3.8) is 0 Å². The van der Waals surface area contributed by atoms with Crippen LogP contribution in [0.4, 0.5) is 0 Å². The van der Waals surface area contributed by atoms with Gasteiger partial charge in [0, 0.05) is 8.86 Å². The number of hydrogen-bond donors (Lipinski definition) is 0. The molecule has 4 atom stereocenters. The van der Waals surface area contributed by atoms with Gasteiger partial charge in [-0.25, -0.2) is 0 Å². The van der Waals surface area contributed by atoms with Crippen LogP contribution < -0.4 is 0 Å². The molecular weight excluding hydrogens is 374 g/mol. The third-order valence-electron chi connectivity index (χ3n) is 3.87. The zero-order chi connectivity index (χ0) is 8.55. The molecule has 4 unspecified atom stereocenters. The van der Waals surface area contributed by atoms with Crippen LogP contribution in [0.3, 0.4) is 0 Å². The van der Waals surface area contributed by atoms with Crippen molar-refractivity contribution in [3.05, 3.63) is 0 Å². The smallest absolute Gasteiger partial charge is 0.00293 e. The van der Waals surface area contributed by atoms with Crippen LogP contribution >= 0.6 is 45.2 Å².